The Labute approximate surface area is 118 Å². The van der Waals surface area contributed by atoms with E-state index in [2.05, 4.69) is 5.32 Å². The molecule has 20 heavy (non-hydrogen) atoms. The average Bonchev–Trinajstić information content (AvgIpc) is 2.38. The summed E-state index contributed by atoms with van der Waals surface area (Å²) in [6.07, 6.45) is 0.642. The minimum Gasteiger partial charge on any atom is -0.356 e. The Kier molecular flexibility index (Phi) is 6.09. The minimum atomic E-state index is -3.60. The van der Waals surface area contributed by atoms with Gasteiger partial charge in [-0.1, -0.05) is 6.92 Å². The Morgan fingerprint density at radius 1 is 1.35 bits per heavy atom. The van der Waals surface area contributed by atoms with Crippen molar-refractivity contribution in [3.8, 4) is 0 Å². The number of nitrogens with two attached hydrogens (primary N) is 1. The van der Waals surface area contributed by atoms with Crippen molar-refractivity contribution in [1.29, 1.82) is 0 Å². The zero-order valence-electron chi connectivity index (χ0n) is 11.3. The molecule has 0 aromatic heterocycles. The van der Waals surface area contributed by atoms with Gasteiger partial charge in [0.15, 0.2) is 9.84 Å². The fourth-order valence-electron chi connectivity index (χ4n) is 1.63. The molecule has 1 amide bonds. The van der Waals surface area contributed by atoms with Gasteiger partial charge in [0.2, 0.25) is 5.91 Å². The number of carbonyl (C=O) groups is 1. The number of amides is 1. The van der Waals surface area contributed by atoms with Crippen molar-refractivity contribution in [2.75, 3.05) is 18.8 Å². The third kappa shape index (κ3) is 4.90. The second-order valence-electron chi connectivity index (χ2n) is 4.57. The van der Waals surface area contributed by atoms with E-state index in [0.29, 0.717) is 19.5 Å². The number of rotatable bonds is 7. The van der Waals surface area contributed by atoms with Crippen LogP contribution >= 0.6 is 0 Å². The first kappa shape index (κ1) is 16.6. The maximum Gasteiger partial charge on any atom is 0.223 e. The maximum atomic E-state index is 12.8. The van der Waals surface area contributed by atoms with E-state index in [4.69, 9.17) is 5.73 Å². The molecule has 1 atom stereocenters. The molecule has 0 fully saturated rings. The summed E-state index contributed by atoms with van der Waals surface area (Å²) in [4.78, 5) is 11.7. The predicted octanol–water partition coefficient (Wildman–Crippen LogP) is 0.701. The summed E-state index contributed by atoms with van der Waals surface area (Å²) >= 11 is 0. The van der Waals surface area contributed by atoms with Crippen molar-refractivity contribution in [3.05, 3.63) is 30.1 Å². The first-order chi connectivity index (χ1) is 9.36. The normalized spacial score (nSPS) is 12.9. The fraction of sp³-hybridized carbons (Fsp3) is 0.462. The van der Waals surface area contributed by atoms with Gasteiger partial charge in [-0.05, 0) is 37.2 Å². The van der Waals surface area contributed by atoms with Crippen LogP contribution in [0.15, 0.2) is 29.2 Å². The summed E-state index contributed by atoms with van der Waals surface area (Å²) in [6.45, 7) is 2.43. The third-order valence-corrected chi connectivity index (χ3v) is 4.70. The van der Waals surface area contributed by atoms with E-state index in [1.807, 2.05) is 0 Å². The highest BCUT2D eigenvalue weighted by molar-refractivity contribution is 7.91. The maximum absolute atomic E-state index is 12.8. The standard InChI is InChI=1S/C13H19FN2O3S/c1-10(13(17)16-8-2-7-15)9-20(18,19)12-5-3-11(14)4-6-12/h3-6,10H,2,7-9,15H2,1H3,(H,16,17). The van der Waals surface area contributed by atoms with E-state index >= 15 is 0 Å². The molecular weight excluding hydrogens is 283 g/mol. The topological polar surface area (TPSA) is 89.3 Å². The van der Waals surface area contributed by atoms with Crippen LogP contribution in [0.4, 0.5) is 4.39 Å². The van der Waals surface area contributed by atoms with Gasteiger partial charge < -0.3 is 11.1 Å². The van der Waals surface area contributed by atoms with E-state index in [9.17, 15) is 17.6 Å². The molecular formula is C13H19FN2O3S. The van der Waals surface area contributed by atoms with Crippen LogP contribution < -0.4 is 11.1 Å². The van der Waals surface area contributed by atoms with Gasteiger partial charge in [0.25, 0.3) is 0 Å². The molecule has 0 spiro atoms. The molecule has 0 saturated heterocycles. The Morgan fingerprint density at radius 2 is 1.95 bits per heavy atom. The van der Waals surface area contributed by atoms with Crippen LogP contribution in [0, 0.1) is 11.7 Å². The van der Waals surface area contributed by atoms with Crippen molar-refractivity contribution in [2.45, 2.75) is 18.2 Å². The Balaban J connectivity index is 2.66. The van der Waals surface area contributed by atoms with Gasteiger partial charge in [0.1, 0.15) is 5.82 Å². The lowest BCUT2D eigenvalue weighted by Crippen LogP contribution is -2.34. The molecule has 0 radical (unpaired) electrons. The summed E-state index contributed by atoms with van der Waals surface area (Å²) in [5, 5.41) is 2.62. The van der Waals surface area contributed by atoms with E-state index < -0.39 is 21.6 Å². The Hall–Kier alpha value is -1.47. The van der Waals surface area contributed by atoms with Crippen LogP contribution in [0.5, 0.6) is 0 Å². The van der Waals surface area contributed by atoms with Gasteiger partial charge in [-0.25, -0.2) is 12.8 Å². The largest absolute Gasteiger partial charge is 0.356 e. The summed E-state index contributed by atoms with van der Waals surface area (Å²) in [7, 11) is -3.60. The van der Waals surface area contributed by atoms with E-state index in [-0.39, 0.29) is 16.6 Å². The number of hydrogen-bond donors (Lipinski definition) is 2. The second-order valence-corrected chi connectivity index (χ2v) is 6.60. The summed E-state index contributed by atoms with van der Waals surface area (Å²) in [5.74, 6) is -1.82. The van der Waals surface area contributed by atoms with Crippen LogP contribution in [0.25, 0.3) is 0 Å². The number of carbonyl (C=O) groups excluding carboxylic acids is 1. The molecule has 0 aliphatic heterocycles. The van der Waals surface area contributed by atoms with Gasteiger partial charge in [0.05, 0.1) is 10.6 Å². The van der Waals surface area contributed by atoms with E-state index in [0.717, 1.165) is 12.1 Å². The first-order valence-corrected chi connectivity index (χ1v) is 7.98. The van der Waals surface area contributed by atoms with Crippen molar-refractivity contribution in [3.63, 3.8) is 0 Å². The van der Waals surface area contributed by atoms with E-state index in [1.54, 1.807) is 6.92 Å². The van der Waals surface area contributed by atoms with Crippen LogP contribution in [0.3, 0.4) is 0 Å². The molecule has 0 aliphatic rings. The van der Waals surface area contributed by atoms with Crippen molar-refractivity contribution in [2.24, 2.45) is 11.7 Å². The lowest BCUT2D eigenvalue weighted by atomic mass is 10.2. The lowest BCUT2D eigenvalue weighted by Gasteiger charge is -2.12. The molecule has 0 aliphatic carbocycles. The number of halogens is 1. The molecule has 1 unspecified atom stereocenters. The van der Waals surface area contributed by atoms with Gasteiger partial charge in [-0.2, -0.15) is 0 Å². The fourth-order valence-corrected chi connectivity index (χ4v) is 3.18. The number of hydrogen-bond acceptors (Lipinski definition) is 4. The summed E-state index contributed by atoms with van der Waals surface area (Å²) in [6, 6.07) is 4.56. The second kappa shape index (κ2) is 7.35. The van der Waals surface area contributed by atoms with Crippen LogP contribution in [0.1, 0.15) is 13.3 Å². The smallest absolute Gasteiger partial charge is 0.223 e. The SMILES string of the molecule is CC(CS(=O)(=O)c1ccc(F)cc1)C(=O)NCCCN. The summed E-state index contributed by atoms with van der Waals surface area (Å²) in [5.41, 5.74) is 5.30. The van der Waals surface area contributed by atoms with Crippen LogP contribution in [-0.4, -0.2) is 33.2 Å². The lowest BCUT2D eigenvalue weighted by molar-refractivity contribution is -0.123. The number of sulfone groups is 1. The molecule has 0 bridgehead atoms. The highest BCUT2D eigenvalue weighted by Crippen LogP contribution is 2.15. The molecule has 1 aromatic rings. The molecule has 1 rings (SSSR count). The van der Waals surface area contributed by atoms with Gasteiger partial charge in [-0.3, -0.25) is 4.79 Å². The Morgan fingerprint density at radius 3 is 2.50 bits per heavy atom. The van der Waals surface area contributed by atoms with Crippen LogP contribution in [0.2, 0.25) is 0 Å². The summed E-state index contributed by atoms with van der Waals surface area (Å²) < 4.78 is 36.9. The monoisotopic (exact) mass is 302 g/mol. The predicted molar refractivity (Wildman–Crippen MR) is 74.3 cm³/mol. The third-order valence-electron chi connectivity index (χ3n) is 2.77. The zero-order valence-corrected chi connectivity index (χ0v) is 12.1. The van der Waals surface area contributed by atoms with Crippen molar-refractivity contribution >= 4 is 15.7 Å². The zero-order chi connectivity index (χ0) is 15.2. The highest BCUT2D eigenvalue weighted by Gasteiger charge is 2.23. The number of benzene rings is 1. The molecule has 1 aromatic carbocycles. The van der Waals surface area contributed by atoms with Crippen molar-refractivity contribution in [1.82, 2.24) is 5.32 Å². The Bertz CT molecular complexity index is 543. The molecule has 112 valence electrons. The first-order valence-electron chi connectivity index (χ1n) is 6.33. The van der Waals surface area contributed by atoms with Crippen LogP contribution in [-0.2, 0) is 14.6 Å². The quantitative estimate of drug-likeness (QED) is 0.573. The van der Waals surface area contributed by atoms with Gasteiger partial charge >= 0.3 is 0 Å². The average molecular weight is 302 g/mol. The molecule has 5 nitrogen and oxygen atoms in total. The highest BCUT2D eigenvalue weighted by atomic mass is 32.2. The molecule has 3 N–H and O–H groups in total. The molecule has 7 heteroatoms. The molecule has 0 saturated carbocycles. The molecule has 0 heterocycles. The van der Waals surface area contributed by atoms with Gasteiger partial charge in [-0.15, -0.1) is 0 Å². The number of nitrogens with one attached hydrogen (secondary N) is 1. The van der Waals surface area contributed by atoms with Gasteiger partial charge in [0, 0.05) is 12.5 Å². The minimum absolute atomic E-state index is 0.0144. The van der Waals surface area contributed by atoms with E-state index in [1.165, 1.54) is 12.1 Å². The van der Waals surface area contributed by atoms with Crippen molar-refractivity contribution < 1.29 is 17.6 Å².